The van der Waals surface area contributed by atoms with Gasteiger partial charge in [-0.25, -0.2) is 0 Å². The Morgan fingerprint density at radius 1 is 1.52 bits per heavy atom. The third-order valence-electron chi connectivity index (χ3n) is 4.05. The van der Waals surface area contributed by atoms with Crippen molar-refractivity contribution in [2.24, 2.45) is 7.05 Å². The average Bonchev–Trinajstić information content (AvgIpc) is 2.84. The number of rotatable bonds is 3. The Hall–Kier alpha value is -2.14. The predicted octanol–water partition coefficient (Wildman–Crippen LogP) is 1.30. The number of nitrogens with one attached hydrogen (secondary N) is 2. The fourth-order valence-corrected chi connectivity index (χ4v) is 2.62. The molecule has 110 valence electrons. The molecule has 0 fully saturated rings. The molecule has 1 aliphatic heterocycles. The number of fused-ring (bicyclic) bond motifs is 1. The van der Waals surface area contributed by atoms with Gasteiger partial charge >= 0.3 is 0 Å². The van der Waals surface area contributed by atoms with E-state index in [-0.39, 0.29) is 5.91 Å². The minimum Gasteiger partial charge on any atom is -0.354 e. The van der Waals surface area contributed by atoms with Gasteiger partial charge in [0, 0.05) is 56.9 Å². The van der Waals surface area contributed by atoms with Crippen molar-refractivity contribution >= 4 is 5.91 Å². The van der Waals surface area contributed by atoms with Crippen LogP contribution >= 0.6 is 0 Å². The zero-order chi connectivity index (χ0) is 14.8. The fourth-order valence-electron chi connectivity index (χ4n) is 2.62. The van der Waals surface area contributed by atoms with Crippen molar-refractivity contribution in [1.82, 2.24) is 20.2 Å². The number of hydrogen-bond acceptors (Lipinski definition) is 3. The molecule has 0 bridgehead atoms. The summed E-state index contributed by atoms with van der Waals surface area (Å²) in [5.74, 6) is -0.0380. The van der Waals surface area contributed by atoms with Gasteiger partial charge in [0.1, 0.15) is 0 Å². The second-order valence-corrected chi connectivity index (χ2v) is 5.48. The summed E-state index contributed by atoms with van der Waals surface area (Å²) in [6, 6.07) is 3.98. The molecule has 21 heavy (non-hydrogen) atoms. The summed E-state index contributed by atoms with van der Waals surface area (Å²) >= 11 is 0. The monoisotopic (exact) mass is 284 g/mol. The second-order valence-electron chi connectivity index (χ2n) is 5.48. The Bertz CT molecular complexity index is 675. The summed E-state index contributed by atoms with van der Waals surface area (Å²) in [6.07, 6.45) is 4.74. The van der Waals surface area contributed by atoms with E-state index in [1.54, 1.807) is 0 Å². The minimum atomic E-state index is -0.0380. The summed E-state index contributed by atoms with van der Waals surface area (Å²) in [5.41, 5.74) is 5.15. The summed E-state index contributed by atoms with van der Waals surface area (Å²) in [5, 5.41) is 6.30. The van der Waals surface area contributed by atoms with Gasteiger partial charge in [-0.2, -0.15) is 0 Å². The number of hydrogen-bond donors (Lipinski definition) is 2. The zero-order valence-corrected chi connectivity index (χ0v) is 12.4. The van der Waals surface area contributed by atoms with Crippen molar-refractivity contribution in [2.75, 3.05) is 6.54 Å². The van der Waals surface area contributed by atoms with E-state index in [1.807, 2.05) is 37.0 Å². The van der Waals surface area contributed by atoms with Crippen LogP contribution < -0.4 is 10.6 Å². The molecule has 0 saturated carbocycles. The van der Waals surface area contributed by atoms with Crippen molar-refractivity contribution in [2.45, 2.75) is 26.4 Å². The van der Waals surface area contributed by atoms with E-state index in [0.29, 0.717) is 6.54 Å². The summed E-state index contributed by atoms with van der Waals surface area (Å²) in [6.45, 7) is 4.31. The first-order valence-corrected chi connectivity index (χ1v) is 7.22. The first-order chi connectivity index (χ1) is 10.1. The lowest BCUT2D eigenvalue weighted by atomic mass is 10.1. The van der Waals surface area contributed by atoms with Gasteiger partial charge < -0.3 is 15.2 Å². The normalized spacial score (nSPS) is 13.8. The van der Waals surface area contributed by atoms with Crippen molar-refractivity contribution < 1.29 is 4.79 Å². The molecular weight excluding hydrogens is 264 g/mol. The third kappa shape index (κ3) is 2.83. The van der Waals surface area contributed by atoms with Crippen molar-refractivity contribution in [3.8, 4) is 0 Å². The topological polar surface area (TPSA) is 59.0 Å². The SMILES string of the molecule is Cc1c(C(=O)NCc2cnc3c(c2)CNCC3)ccn1C. The Labute approximate surface area is 124 Å². The van der Waals surface area contributed by atoms with Gasteiger partial charge in [-0.3, -0.25) is 9.78 Å². The molecule has 5 heteroatoms. The van der Waals surface area contributed by atoms with Crippen LogP contribution in [0.5, 0.6) is 0 Å². The van der Waals surface area contributed by atoms with Gasteiger partial charge in [-0.1, -0.05) is 0 Å². The highest BCUT2D eigenvalue weighted by molar-refractivity contribution is 5.95. The Kier molecular flexibility index (Phi) is 3.75. The number of aryl methyl sites for hydroxylation is 1. The van der Waals surface area contributed by atoms with E-state index >= 15 is 0 Å². The van der Waals surface area contributed by atoms with Crippen molar-refractivity contribution in [3.63, 3.8) is 0 Å². The molecule has 3 rings (SSSR count). The molecule has 0 atom stereocenters. The molecular formula is C16H20N4O. The molecule has 0 unspecified atom stereocenters. The molecule has 3 heterocycles. The van der Waals surface area contributed by atoms with Crippen molar-refractivity contribution in [3.05, 3.63) is 52.6 Å². The number of nitrogens with zero attached hydrogens (tertiary/aromatic N) is 2. The van der Waals surface area contributed by atoms with E-state index in [2.05, 4.69) is 21.7 Å². The molecule has 0 aliphatic carbocycles. The van der Waals surface area contributed by atoms with E-state index in [0.717, 1.165) is 36.3 Å². The fraction of sp³-hybridized carbons (Fsp3) is 0.375. The molecule has 2 aromatic rings. The Morgan fingerprint density at radius 2 is 2.38 bits per heavy atom. The van der Waals surface area contributed by atoms with Crippen LogP contribution in [-0.4, -0.2) is 22.0 Å². The molecule has 1 amide bonds. The van der Waals surface area contributed by atoms with E-state index in [4.69, 9.17) is 0 Å². The number of aromatic nitrogens is 2. The maximum Gasteiger partial charge on any atom is 0.253 e. The molecule has 0 radical (unpaired) electrons. The molecule has 1 aliphatic rings. The lowest BCUT2D eigenvalue weighted by Crippen LogP contribution is -2.26. The second kappa shape index (κ2) is 5.69. The van der Waals surface area contributed by atoms with Crippen LogP contribution in [0.15, 0.2) is 24.5 Å². The third-order valence-corrected chi connectivity index (χ3v) is 4.05. The van der Waals surface area contributed by atoms with Crippen LogP contribution in [0.3, 0.4) is 0 Å². The quantitative estimate of drug-likeness (QED) is 0.893. The van der Waals surface area contributed by atoms with E-state index in [1.165, 1.54) is 11.3 Å². The number of pyridine rings is 1. The van der Waals surface area contributed by atoms with Crippen LogP contribution in [0.25, 0.3) is 0 Å². The standard InChI is InChI=1S/C16H20N4O/c1-11-14(4-6-20(11)2)16(21)19-9-12-7-13-10-17-5-3-15(13)18-8-12/h4,6-8,17H,3,5,9-10H2,1-2H3,(H,19,21). The lowest BCUT2D eigenvalue weighted by molar-refractivity contribution is 0.0950. The smallest absolute Gasteiger partial charge is 0.253 e. The first kappa shape index (κ1) is 13.8. The number of amides is 1. The average molecular weight is 284 g/mol. The molecule has 0 saturated heterocycles. The van der Waals surface area contributed by atoms with Crippen LogP contribution in [0.1, 0.15) is 32.9 Å². The molecule has 5 nitrogen and oxygen atoms in total. The van der Waals surface area contributed by atoms with Crippen LogP contribution in [-0.2, 0) is 26.6 Å². The van der Waals surface area contributed by atoms with Gasteiger partial charge in [-0.15, -0.1) is 0 Å². The van der Waals surface area contributed by atoms with Gasteiger partial charge in [0.2, 0.25) is 0 Å². The molecule has 2 N–H and O–H groups in total. The minimum absolute atomic E-state index is 0.0380. The summed E-state index contributed by atoms with van der Waals surface area (Å²) < 4.78 is 1.95. The van der Waals surface area contributed by atoms with Gasteiger partial charge in [0.15, 0.2) is 0 Å². The highest BCUT2D eigenvalue weighted by Crippen LogP contribution is 2.13. The Balaban J connectivity index is 1.67. The lowest BCUT2D eigenvalue weighted by Gasteiger charge is -2.17. The van der Waals surface area contributed by atoms with E-state index < -0.39 is 0 Å². The van der Waals surface area contributed by atoms with Crippen LogP contribution in [0, 0.1) is 6.92 Å². The number of carbonyl (C=O) groups excluding carboxylic acids is 1. The predicted molar refractivity (Wildman–Crippen MR) is 81.0 cm³/mol. The van der Waals surface area contributed by atoms with Gasteiger partial charge in [0.25, 0.3) is 5.91 Å². The summed E-state index contributed by atoms with van der Waals surface area (Å²) in [4.78, 5) is 16.7. The van der Waals surface area contributed by atoms with Gasteiger partial charge in [0.05, 0.1) is 5.56 Å². The molecule has 0 aromatic carbocycles. The maximum absolute atomic E-state index is 12.2. The Morgan fingerprint density at radius 3 is 3.14 bits per heavy atom. The molecule has 0 spiro atoms. The largest absolute Gasteiger partial charge is 0.354 e. The maximum atomic E-state index is 12.2. The van der Waals surface area contributed by atoms with Crippen LogP contribution in [0.2, 0.25) is 0 Å². The van der Waals surface area contributed by atoms with Crippen LogP contribution in [0.4, 0.5) is 0 Å². The summed E-state index contributed by atoms with van der Waals surface area (Å²) in [7, 11) is 1.94. The number of carbonyl (C=O) groups is 1. The first-order valence-electron chi connectivity index (χ1n) is 7.22. The highest BCUT2D eigenvalue weighted by atomic mass is 16.1. The zero-order valence-electron chi connectivity index (χ0n) is 12.4. The highest BCUT2D eigenvalue weighted by Gasteiger charge is 2.13. The molecule has 2 aromatic heterocycles. The van der Waals surface area contributed by atoms with Gasteiger partial charge in [-0.05, 0) is 30.2 Å². The van der Waals surface area contributed by atoms with Crippen molar-refractivity contribution in [1.29, 1.82) is 0 Å². The van der Waals surface area contributed by atoms with E-state index in [9.17, 15) is 4.79 Å².